The van der Waals surface area contributed by atoms with Crippen LogP contribution in [0.4, 0.5) is 28.4 Å². The van der Waals surface area contributed by atoms with Crippen LogP contribution in [-0.4, -0.2) is 73.7 Å². The first-order chi connectivity index (χ1) is 22.2. The van der Waals surface area contributed by atoms with Crippen molar-refractivity contribution in [2.45, 2.75) is 45.2 Å². The van der Waals surface area contributed by atoms with Crippen molar-refractivity contribution in [2.75, 3.05) is 31.1 Å². The molecule has 2 aromatic carbocycles. The molecule has 0 aromatic heterocycles. The van der Waals surface area contributed by atoms with E-state index in [-0.39, 0.29) is 65.8 Å². The number of benzene rings is 2. The Kier molecular flexibility index (Phi) is 14.4. The van der Waals surface area contributed by atoms with Crippen LogP contribution >= 0.6 is 44.3 Å². The highest BCUT2D eigenvalue weighted by atomic mass is 79.9. The Morgan fingerprint density at radius 3 is 1.67 bits per heavy atom. The van der Waals surface area contributed by atoms with Gasteiger partial charge in [0.05, 0.1) is 16.8 Å². The predicted molar refractivity (Wildman–Crippen MR) is 184 cm³/mol. The number of rotatable bonds is 3. The zero-order chi connectivity index (χ0) is 34.7. The molecule has 2 spiro atoms. The second-order valence-electron chi connectivity index (χ2n) is 11.6. The highest BCUT2D eigenvalue weighted by molar-refractivity contribution is 9.10. The topological polar surface area (TPSA) is 166 Å². The van der Waals surface area contributed by atoms with Crippen molar-refractivity contribution in [3.05, 3.63) is 61.8 Å². The van der Waals surface area contributed by atoms with Gasteiger partial charge in [-0.05, 0) is 43.7 Å². The number of urea groups is 2. The van der Waals surface area contributed by atoms with Crippen molar-refractivity contribution in [1.29, 1.82) is 0 Å². The van der Waals surface area contributed by atoms with E-state index in [1.54, 1.807) is 6.07 Å². The molecule has 18 heteroatoms. The first-order valence-corrected chi connectivity index (χ1v) is 16.0. The van der Waals surface area contributed by atoms with Gasteiger partial charge in [-0.15, -0.1) is 12.4 Å². The van der Waals surface area contributed by atoms with Crippen LogP contribution in [0.2, 0.25) is 0 Å². The Labute approximate surface area is 303 Å². The SMILES string of the molecule is C.CC1CN(c2cc(Br)cc(F)c2C=O)CCC12NC(=O)NC2=O.CC1CNCCC12NC(=O)NC2=O.Cl.O=Cc1c(F)cc(Br)cc1F. The maximum atomic E-state index is 14.0. The number of hydrogen-bond acceptors (Lipinski definition) is 8. The molecule has 0 saturated carbocycles. The summed E-state index contributed by atoms with van der Waals surface area (Å²) in [5, 5.41) is 13.2. The van der Waals surface area contributed by atoms with Gasteiger partial charge in [0.1, 0.15) is 28.5 Å². The summed E-state index contributed by atoms with van der Waals surface area (Å²) in [6.07, 6.45) is 1.71. The van der Waals surface area contributed by atoms with Crippen molar-refractivity contribution >= 4 is 86.4 Å². The fourth-order valence-corrected chi connectivity index (χ4v) is 6.87. The van der Waals surface area contributed by atoms with E-state index in [1.807, 2.05) is 18.7 Å². The first kappa shape index (κ1) is 41.6. The van der Waals surface area contributed by atoms with Gasteiger partial charge in [-0.3, -0.25) is 29.8 Å². The minimum Gasteiger partial charge on any atom is -0.370 e. The van der Waals surface area contributed by atoms with Gasteiger partial charge in [0.15, 0.2) is 12.6 Å². The molecule has 12 nitrogen and oxygen atoms in total. The zero-order valence-electron chi connectivity index (χ0n) is 25.6. The highest BCUT2D eigenvalue weighted by Crippen LogP contribution is 2.36. The summed E-state index contributed by atoms with van der Waals surface area (Å²) in [7, 11) is 0. The second-order valence-corrected chi connectivity index (χ2v) is 13.4. The summed E-state index contributed by atoms with van der Waals surface area (Å²) < 4.78 is 40.0. The van der Waals surface area contributed by atoms with Crippen LogP contribution in [0.25, 0.3) is 0 Å². The second kappa shape index (κ2) is 16.9. The van der Waals surface area contributed by atoms with Crippen molar-refractivity contribution in [3.63, 3.8) is 0 Å². The van der Waals surface area contributed by atoms with Crippen LogP contribution in [0.5, 0.6) is 0 Å². The number of nitrogens with zero attached hydrogens (tertiary/aromatic N) is 1. The number of amides is 6. The van der Waals surface area contributed by atoms with E-state index in [0.717, 1.165) is 25.2 Å². The summed E-state index contributed by atoms with van der Waals surface area (Å²) in [6, 6.07) is 4.15. The van der Waals surface area contributed by atoms with Gasteiger partial charge >= 0.3 is 12.1 Å². The van der Waals surface area contributed by atoms with Crippen molar-refractivity contribution in [3.8, 4) is 0 Å². The van der Waals surface area contributed by atoms with Crippen LogP contribution < -0.4 is 31.5 Å². The lowest BCUT2D eigenvalue weighted by Crippen LogP contribution is -2.60. The number of carbonyl (C=O) groups excluding carboxylic acids is 6. The fourth-order valence-electron chi connectivity index (χ4n) is 6.05. The molecule has 2 aromatic rings. The molecular weight excluding hydrogens is 805 g/mol. The van der Waals surface area contributed by atoms with Gasteiger partial charge in [-0.25, -0.2) is 22.8 Å². The molecule has 4 aliphatic rings. The van der Waals surface area contributed by atoms with E-state index in [1.165, 1.54) is 6.07 Å². The lowest BCUT2D eigenvalue weighted by Gasteiger charge is -2.43. The van der Waals surface area contributed by atoms with Gasteiger partial charge in [0.25, 0.3) is 11.8 Å². The molecule has 0 radical (unpaired) electrons. The van der Waals surface area contributed by atoms with Gasteiger partial charge in [-0.2, -0.15) is 0 Å². The number of aldehydes is 2. The highest BCUT2D eigenvalue weighted by Gasteiger charge is 2.53. The van der Waals surface area contributed by atoms with E-state index in [2.05, 4.69) is 58.4 Å². The molecule has 4 fully saturated rings. The Morgan fingerprint density at radius 1 is 0.776 bits per heavy atom. The first-order valence-electron chi connectivity index (χ1n) is 14.4. The maximum absolute atomic E-state index is 14.0. The molecule has 5 N–H and O–H groups in total. The molecule has 49 heavy (non-hydrogen) atoms. The number of halogens is 6. The third-order valence-electron chi connectivity index (χ3n) is 8.73. The third-order valence-corrected chi connectivity index (χ3v) is 9.65. The molecule has 4 heterocycles. The Morgan fingerprint density at radius 2 is 1.24 bits per heavy atom. The fraction of sp³-hybridized carbons (Fsp3) is 0.419. The summed E-state index contributed by atoms with van der Waals surface area (Å²) in [4.78, 5) is 69.3. The molecule has 6 rings (SSSR count). The number of imide groups is 2. The maximum Gasteiger partial charge on any atom is 0.322 e. The number of piperidine rings is 2. The minimum absolute atomic E-state index is 0. The van der Waals surface area contributed by atoms with Crippen molar-refractivity contribution in [2.24, 2.45) is 11.8 Å². The van der Waals surface area contributed by atoms with E-state index in [0.29, 0.717) is 42.4 Å². The largest absolute Gasteiger partial charge is 0.370 e. The Balaban J connectivity index is 0.000000273. The number of hydrogen-bond donors (Lipinski definition) is 5. The molecule has 4 aliphatic heterocycles. The molecule has 4 unspecified atom stereocenters. The summed E-state index contributed by atoms with van der Waals surface area (Å²) in [5.74, 6) is -2.85. The lowest BCUT2D eigenvalue weighted by atomic mass is 9.78. The van der Waals surface area contributed by atoms with Gasteiger partial charge in [-0.1, -0.05) is 53.1 Å². The number of anilines is 1. The Bertz CT molecular complexity index is 1620. The van der Waals surface area contributed by atoms with E-state index >= 15 is 0 Å². The van der Waals surface area contributed by atoms with Crippen LogP contribution in [0.1, 0.15) is 54.8 Å². The average molecular weight is 841 g/mol. The molecule has 0 aliphatic carbocycles. The molecular formula is C31H36Br2ClF3N6O6. The predicted octanol–water partition coefficient (Wildman–Crippen LogP) is 4.62. The summed E-state index contributed by atoms with van der Waals surface area (Å²) >= 11 is 6.11. The number of carbonyl (C=O) groups is 6. The van der Waals surface area contributed by atoms with Crippen LogP contribution in [0, 0.1) is 29.3 Å². The van der Waals surface area contributed by atoms with E-state index in [9.17, 15) is 41.9 Å². The molecule has 268 valence electrons. The number of nitrogens with one attached hydrogen (secondary N) is 5. The molecule has 6 amide bonds. The standard InChI is InChI=1S/C15H15BrFN3O3.C8H13N3O2.C7H3BrF2O.CH4.ClH/c1-8-6-20(3-2-15(8)13(22)18-14(23)19-15)12-5-9(16)4-11(17)10(12)7-21;1-5-4-9-3-2-8(5)6(12)10-7(13)11-8;8-4-1-6(9)5(3-11)7(10)2-4;;/h4-5,7-8H,2-3,6H2,1H3,(H2,18,19,22,23);5,9H,2-4H2,1H3,(H2,10,11,12,13);1-3H;1H4;1H. The zero-order valence-corrected chi connectivity index (χ0v) is 29.5. The van der Waals surface area contributed by atoms with Crippen molar-refractivity contribution < 1.29 is 41.9 Å². The van der Waals surface area contributed by atoms with Gasteiger partial charge in [0, 0.05) is 40.4 Å². The van der Waals surface area contributed by atoms with Gasteiger partial charge < -0.3 is 20.9 Å². The monoisotopic (exact) mass is 838 g/mol. The quantitative estimate of drug-likeness (QED) is 0.221. The average Bonchev–Trinajstić information content (AvgIpc) is 3.45. The van der Waals surface area contributed by atoms with E-state index < -0.39 is 40.1 Å². The smallest absolute Gasteiger partial charge is 0.322 e. The lowest BCUT2D eigenvalue weighted by molar-refractivity contribution is -0.127. The normalized spacial score (nSPS) is 25.2. The van der Waals surface area contributed by atoms with Crippen LogP contribution in [0.3, 0.4) is 0 Å². The van der Waals surface area contributed by atoms with Crippen LogP contribution in [0.15, 0.2) is 33.2 Å². The molecule has 4 atom stereocenters. The minimum atomic E-state index is -0.931. The summed E-state index contributed by atoms with van der Waals surface area (Å²) in [6.45, 7) is 6.22. The van der Waals surface area contributed by atoms with Crippen molar-refractivity contribution in [1.82, 2.24) is 26.6 Å². The molecule has 0 bridgehead atoms. The molecule has 4 saturated heterocycles. The Hall–Kier alpha value is -3.54. The summed E-state index contributed by atoms with van der Waals surface area (Å²) in [5.41, 5.74) is -1.63. The third kappa shape index (κ3) is 8.61. The van der Waals surface area contributed by atoms with Crippen LogP contribution in [-0.2, 0) is 9.59 Å². The van der Waals surface area contributed by atoms with E-state index in [4.69, 9.17) is 0 Å². The van der Waals surface area contributed by atoms with Gasteiger partial charge in [0.2, 0.25) is 0 Å².